The molecule has 4 rings (SSSR count). The Morgan fingerprint density at radius 2 is 2.00 bits per heavy atom. The van der Waals surface area contributed by atoms with Gasteiger partial charge in [-0.15, -0.1) is 0 Å². The van der Waals surface area contributed by atoms with E-state index in [-0.39, 0.29) is 12.0 Å². The highest BCUT2D eigenvalue weighted by Crippen LogP contribution is 2.24. The van der Waals surface area contributed by atoms with Crippen LogP contribution in [0.15, 0.2) is 48.8 Å². The van der Waals surface area contributed by atoms with Gasteiger partial charge in [-0.05, 0) is 55.7 Å². The summed E-state index contributed by atoms with van der Waals surface area (Å²) in [6.07, 6.45) is 3.62. The molecule has 160 valence electrons. The van der Waals surface area contributed by atoms with Crippen molar-refractivity contribution in [1.82, 2.24) is 19.9 Å². The van der Waals surface area contributed by atoms with Gasteiger partial charge in [-0.25, -0.2) is 4.98 Å². The van der Waals surface area contributed by atoms with E-state index >= 15 is 0 Å². The maximum atomic E-state index is 12.9. The largest absolute Gasteiger partial charge is 0.497 e. The predicted octanol–water partition coefficient (Wildman–Crippen LogP) is 3.30. The number of hydrogen-bond donors (Lipinski definition) is 0. The van der Waals surface area contributed by atoms with Crippen LogP contribution in [0.2, 0.25) is 0 Å². The molecule has 1 aliphatic rings. The van der Waals surface area contributed by atoms with E-state index in [1.807, 2.05) is 32.0 Å². The topological polar surface area (TPSA) is 77.4 Å². The molecule has 1 saturated heterocycles. The van der Waals surface area contributed by atoms with Gasteiger partial charge in [-0.3, -0.25) is 14.8 Å². The zero-order valence-electron chi connectivity index (χ0n) is 18.0. The molecule has 1 aliphatic heterocycles. The van der Waals surface area contributed by atoms with Gasteiger partial charge in [0, 0.05) is 18.4 Å². The van der Waals surface area contributed by atoms with Crippen LogP contribution in [-0.4, -0.2) is 52.6 Å². The number of pyridine rings is 1. The summed E-state index contributed by atoms with van der Waals surface area (Å²) < 4.78 is 11.3. The molecular formula is C24H26N4O3. The Hall–Kier alpha value is -3.32. The number of carbonyl (C=O) groups excluding carboxylic acids is 1. The van der Waals surface area contributed by atoms with Crippen molar-refractivity contribution in [1.29, 1.82) is 0 Å². The molecule has 3 heterocycles. The highest BCUT2D eigenvalue weighted by atomic mass is 16.5. The lowest BCUT2D eigenvalue weighted by Crippen LogP contribution is -2.42. The number of ether oxygens (including phenoxy) is 2. The molecule has 2 aromatic heterocycles. The van der Waals surface area contributed by atoms with Gasteiger partial charge in [-0.1, -0.05) is 12.1 Å². The number of morpholine rings is 1. The van der Waals surface area contributed by atoms with Crippen LogP contribution in [0.1, 0.15) is 44.8 Å². The quantitative estimate of drug-likeness (QED) is 0.633. The minimum atomic E-state index is -0.278. The van der Waals surface area contributed by atoms with E-state index in [0.29, 0.717) is 25.4 Å². The van der Waals surface area contributed by atoms with Crippen LogP contribution in [-0.2, 0) is 11.2 Å². The highest BCUT2D eigenvalue weighted by Gasteiger charge is 2.28. The third-order valence-electron chi connectivity index (χ3n) is 5.26. The van der Waals surface area contributed by atoms with Crippen LogP contribution in [0.25, 0.3) is 0 Å². The van der Waals surface area contributed by atoms with Crippen LogP contribution in [0, 0.1) is 13.8 Å². The van der Waals surface area contributed by atoms with Gasteiger partial charge in [0.05, 0.1) is 37.8 Å². The first-order valence-corrected chi connectivity index (χ1v) is 10.3. The number of amides is 1. The third kappa shape index (κ3) is 5.06. The van der Waals surface area contributed by atoms with E-state index < -0.39 is 0 Å². The number of aromatic nitrogens is 3. The standard InChI is InChI=1S/C24H26N4O3/c1-16-9-19(10-18-5-4-6-20(11-18)30-3)12-21(27-16)23-15-28(7-8-31-23)24(29)22-14-25-17(2)13-26-22/h4-6,9,11-14,23H,7-8,10,15H2,1-3H3/t23-/m1/s1. The lowest BCUT2D eigenvalue weighted by molar-refractivity contribution is -0.0250. The molecule has 1 aromatic carbocycles. The number of nitrogens with zero attached hydrogens (tertiary/aromatic N) is 4. The van der Waals surface area contributed by atoms with Crippen LogP contribution in [0.3, 0.4) is 0 Å². The fraction of sp³-hybridized carbons (Fsp3) is 0.333. The van der Waals surface area contributed by atoms with Crippen molar-refractivity contribution in [3.05, 3.63) is 82.7 Å². The van der Waals surface area contributed by atoms with E-state index in [1.54, 1.807) is 18.2 Å². The van der Waals surface area contributed by atoms with E-state index in [4.69, 9.17) is 14.5 Å². The monoisotopic (exact) mass is 418 g/mol. The maximum absolute atomic E-state index is 12.9. The van der Waals surface area contributed by atoms with Crippen LogP contribution in [0.5, 0.6) is 5.75 Å². The molecule has 0 N–H and O–H groups in total. The zero-order chi connectivity index (χ0) is 21.8. The van der Waals surface area contributed by atoms with Crippen molar-refractivity contribution >= 4 is 5.91 Å². The van der Waals surface area contributed by atoms with Crippen LogP contribution in [0.4, 0.5) is 0 Å². The van der Waals surface area contributed by atoms with Crippen molar-refractivity contribution in [3.63, 3.8) is 0 Å². The number of methoxy groups -OCH3 is 1. The second-order valence-corrected chi connectivity index (χ2v) is 7.72. The van der Waals surface area contributed by atoms with Gasteiger partial charge < -0.3 is 14.4 Å². The lowest BCUT2D eigenvalue weighted by atomic mass is 10.0. The van der Waals surface area contributed by atoms with E-state index in [0.717, 1.165) is 40.4 Å². The molecule has 0 bridgehead atoms. The molecule has 0 spiro atoms. The first-order chi connectivity index (χ1) is 15.0. The van der Waals surface area contributed by atoms with Gasteiger partial charge in [0.15, 0.2) is 0 Å². The van der Waals surface area contributed by atoms with E-state index in [2.05, 4.69) is 28.2 Å². The zero-order valence-corrected chi connectivity index (χ0v) is 18.0. The Kier molecular flexibility index (Phi) is 6.23. The van der Waals surface area contributed by atoms with E-state index in [9.17, 15) is 4.79 Å². The Balaban J connectivity index is 1.51. The number of rotatable bonds is 5. The second-order valence-electron chi connectivity index (χ2n) is 7.72. The Bertz CT molecular complexity index is 1070. The minimum Gasteiger partial charge on any atom is -0.497 e. The van der Waals surface area contributed by atoms with Crippen molar-refractivity contribution < 1.29 is 14.3 Å². The average Bonchev–Trinajstić information content (AvgIpc) is 2.79. The predicted molar refractivity (Wildman–Crippen MR) is 116 cm³/mol. The smallest absolute Gasteiger partial charge is 0.274 e. The number of hydrogen-bond acceptors (Lipinski definition) is 6. The van der Waals surface area contributed by atoms with Gasteiger partial charge in [0.2, 0.25) is 0 Å². The molecule has 3 aromatic rings. The first-order valence-electron chi connectivity index (χ1n) is 10.3. The minimum absolute atomic E-state index is 0.134. The molecular weight excluding hydrogens is 392 g/mol. The second kappa shape index (κ2) is 9.22. The van der Waals surface area contributed by atoms with Crippen molar-refractivity contribution in [2.24, 2.45) is 0 Å². The molecule has 1 fully saturated rings. The summed E-state index contributed by atoms with van der Waals surface area (Å²) in [6.45, 7) is 5.23. The Labute approximate surface area is 182 Å². The summed E-state index contributed by atoms with van der Waals surface area (Å²) in [4.78, 5) is 27.7. The van der Waals surface area contributed by atoms with Crippen LogP contribution >= 0.6 is 0 Å². The van der Waals surface area contributed by atoms with Gasteiger partial charge in [0.1, 0.15) is 17.5 Å². The Morgan fingerprint density at radius 1 is 1.13 bits per heavy atom. The lowest BCUT2D eigenvalue weighted by Gasteiger charge is -2.32. The molecule has 7 nitrogen and oxygen atoms in total. The van der Waals surface area contributed by atoms with Crippen molar-refractivity contribution in [2.45, 2.75) is 26.4 Å². The maximum Gasteiger partial charge on any atom is 0.274 e. The number of benzene rings is 1. The Morgan fingerprint density at radius 3 is 2.77 bits per heavy atom. The normalized spacial score (nSPS) is 16.2. The number of aryl methyl sites for hydroxylation is 2. The molecule has 1 amide bonds. The van der Waals surface area contributed by atoms with Crippen molar-refractivity contribution in [2.75, 3.05) is 26.8 Å². The fourth-order valence-corrected chi connectivity index (χ4v) is 3.73. The molecule has 31 heavy (non-hydrogen) atoms. The fourth-order valence-electron chi connectivity index (χ4n) is 3.73. The molecule has 1 atom stereocenters. The van der Waals surface area contributed by atoms with Crippen molar-refractivity contribution in [3.8, 4) is 5.75 Å². The first kappa shape index (κ1) is 20.9. The van der Waals surface area contributed by atoms with Gasteiger partial charge in [-0.2, -0.15) is 0 Å². The summed E-state index contributed by atoms with van der Waals surface area (Å²) >= 11 is 0. The van der Waals surface area contributed by atoms with Gasteiger partial charge in [0.25, 0.3) is 5.91 Å². The summed E-state index contributed by atoms with van der Waals surface area (Å²) in [5.41, 5.74) is 5.20. The van der Waals surface area contributed by atoms with E-state index in [1.165, 1.54) is 6.20 Å². The summed E-state index contributed by atoms with van der Waals surface area (Å²) in [6, 6.07) is 12.2. The van der Waals surface area contributed by atoms with Crippen LogP contribution < -0.4 is 4.74 Å². The SMILES string of the molecule is COc1cccc(Cc2cc(C)nc([C@H]3CN(C(=O)c4cnc(C)cn4)CCO3)c2)c1. The number of carbonyl (C=O) groups is 1. The molecule has 0 radical (unpaired) electrons. The van der Waals surface area contributed by atoms with Gasteiger partial charge >= 0.3 is 0 Å². The molecule has 7 heteroatoms. The summed E-state index contributed by atoms with van der Waals surface area (Å²) in [5.74, 6) is 0.706. The molecule has 0 unspecified atom stereocenters. The average molecular weight is 418 g/mol. The highest BCUT2D eigenvalue weighted by molar-refractivity contribution is 5.92. The summed E-state index contributed by atoms with van der Waals surface area (Å²) in [7, 11) is 1.67. The molecule has 0 saturated carbocycles. The molecule has 0 aliphatic carbocycles. The third-order valence-corrected chi connectivity index (χ3v) is 5.26. The summed E-state index contributed by atoms with van der Waals surface area (Å²) in [5, 5.41) is 0.